The van der Waals surface area contributed by atoms with Crippen molar-refractivity contribution in [3.63, 3.8) is 0 Å². The summed E-state index contributed by atoms with van der Waals surface area (Å²) < 4.78 is 0. The van der Waals surface area contributed by atoms with Crippen molar-refractivity contribution in [2.75, 3.05) is 18.4 Å². The summed E-state index contributed by atoms with van der Waals surface area (Å²) in [6.07, 6.45) is 3.30. The topological polar surface area (TPSA) is 69.8 Å². The monoisotopic (exact) mass is 234 g/mol. The minimum absolute atomic E-state index is 0.137. The zero-order chi connectivity index (χ0) is 11.9. The normalized spacial score (nSPS) is 25.8. The maximum atomic E-state index is 12.1. The van der Waals surface area contributed by atoms with Crippen LogP contribution in [-0.2, 0) is 4.79 Å². The molecule has 0 radical (unpaired) electrons. The van der Waals surface area contributed by atoms with Crippen LogP contribution >= 0.6 is 0 Å². The molecular weight excluding hydrogens is 216 g/mol. The third-order valence-corrected chi connectivity index (χ3v) is 4.06. The van der Waals surface area contributed by atoms with Gasteiger partial charge in [-0.25, -0.2) is 0 Å². The Morgan fingerprint density at radius 3 is 2.94 bits per heavy atom. The number of rotatable bonds is 2. The molecule has 17 heavy (non-hydrogen) atoms. The van der Waals surface area contributed by atoms with Gasteiger partial charge in [-0.15, -0.1) is 0 Å². The van der Waals surface area contributed by atoms with Crippen LogP contribution in [0, 0.1) is 18.3 Å². The number of H-pyrrole nitrogens is 1. The van der Waals surface area contributed by atoms with Crippen molar-refractivity contribution >= 4 is 11.7 Å². The van der Waals surface area contributed by atoms with E-state index in [2.05, 4.69) is 20.8 Å². The van der Waals surface area contributed by atoms with E-state index in [0.717, 1.165) is 38.0 Å². The summed E-state index contributed by atoms with van der Waals surface area (Å²) in [5.74, 6) is 0.975. The highest BCUT2D eigenvalue weighted by atomic mass is 16.2. The third-order valence-electron chi connectivity index (χ3n) is 4.06. The van der Waals surface area contributed by atoms with Crippen LogP contribution in [0.3, 0.4) is 0 Å². The van der Waals surface area contributed by atoms with Gasteiger partial charge in [-0.2, -0.15) is 5.10 Å². The van der Waals surface area contributed by atoms with Gasteiger partial charge < -0.3 is 10.6 Å². The predicted octanol–water partition coefficient (Wildman–Crippen LogP) is 1.05. The first-order valence-electron chi connectivity index (χ1n) is 6.23. The van der Waals surface area contributed by atoms with E-state index in [0.29, 0.717) is 11.2 Å². The molecule has 5 nitrogen and oxygen atoms in total. The van der Waals surface area contributed by atoms with Gasteiger partial charge in [0.2, 0.25) is 5.91 Å². The van der Waals surface area contributed by atoms with Crippen molar-refractivity contribution in [3.05, 3.63) is 11.8 Å². The maximum Gasteiger partial charge on any atom is 0.229 e. The molecule has 1 aliphatic heterocycles. The molecule has 1 unspecified atom stereocenters. The average molecular weight is 234 g/mol. The molecule has 1 saturated carbocycles. The van der Waals surface area contributed by atoms with Crippen LogP contribution in [0.2, 0.25) is 0 Å². The number of aromatic amines is 1. The second-order valence-corrected chi connectivity index (χ2v) is 5.29. The standard InChI is InChI=1S/C12H18N4O/c1-8-6-10(16-15-8)14-11(17)9-7-12(9)2-4-13-5-3-12/h6,9,13H,2-5,7H2,1H3,(H2,14,15,16,17). The average Bonchev–Trinajstić information content (AvgIpc) is 2.85. The Morgan fingerprint density at radius 1 is 1.53 bits per heavy atom. The number of hydrogen-bond acceptors (Lipinski definition) is 3. The van der Waals surface area contributed by atoms with Gasteiger partial charge in [0, 0.05) is 17.7 Å². The van der Waals surface area contributed by atoms with Crippen molar-refractivity contribution in [2.24, 2.45) is 11.3 Å². The van der Waals surface area contributed by atoms with E-state index in [4.69, 9.17) is 0 Å². The van der Waals surface area contributed by atoms with Crippen LogP contribution < -0.4 is 10.6 Å². The Labute approximate surface area is 100 Å². The number of anilines is 1. The van der Waals surface area contributed by atoms with E-state index in [9.17, 15) is 4.79 Å². The van der Waals surface area contributed by atoms with Crippen molar-refractivity contribution in [3.8, 4) is 0 Å². The number of carbonyl (C=O) groups excluding carboxylic acids is 1. The lowest BCUT2D eigenvalue weighted by Crippen LogP contribution is -2.31. The molecule has 1 saturated heterocycles. The second-order valence-electron chi connectivity index (χ2n) is 5.29. The highest BCUT2D eigenvalue weighted by molar-refractivity contribution is 5.94. The van der Waals surface area contributed by atoms with E-state index >= 15 is 0 Å². The van der Waals surface area contributed by atoms with E-state index < -0.39 is 0 Å². The summed E-state index contributed by atoms with van der Waals surface area (Å²) in [6, 6.07) is 1.86. The van der Waals surface area contributed by atoms with Crippen LogP contribution in [0.1, 0.15) is 25.0 Å². The summed E-state index contributed by atoms with van der Waals surface area (Å²) in [4.78, 5) is 12.1. The van der Waals surface area contributed by atoms with Gasteiger partial charge in [0.1, 0.15) is 0 Å². The van der Waals surface area contributed by atoms with Crippen LogP contribution in [0.15, 0.2) is 6.07 Å². The van der Waals surface area contributed by atoms with Crippen molar-refractivity contribution in [1.82, 2.24) is 15.5 Å². The first kappa shape index (κ1) is 10.8. The van der Waals surface area contributed by atoms with Gasteiger partial charge in [0.15, 0.2) is 5.82 Å². The van der Waals surface area contributed by atoms with Gasteiger partial charge in [-0.1, -0.05) is 0 Å². The molecule has 3 rings (SSSR count). The first-order chi connectivity index (χ1) is 8.20. The van der Waals surface area contributed by atoms with Gasteiger partial charge in [0.05, 0.1) is 0 Å². The fraction of sp³-hybridized carbons (Fsp3) is 0.667. The molecule has 2 aliphatic rings. The molecule has 1 aromatic heterocycles. The molecule has 0 aromatic carbocycles. The van der Waals surface area contributed by atoms with Crippen LogP contribution in [0.25, 0.3) is 0 Å². The zero-order valence-electron chi connectivity index (χ0n) is 10.0. The van der Waals surface area contributed by atoms with Gasteiger partial charge in [-0.3, -0.25) is 9.89 Å². The lowest BCUT2D eigenvalue weighted by atomic mass is 9.92. The minimum atomic E-state index is 0.137. The zero-order valence-corrected chi connectivity index (χ0v) is 10.0. The molecule has 0 bridgehead atoms. The predicted molar refractivity (Wildman–Crippen MR) is 64.6 cm³/mol. The smallest absolute Gasteiger partial charge is 0.229 e. The Bertz CT molecular complexity index is 433. The Balaban J connectivity index is 1.61. The van der Waals surface area contributed by atoms with Crippen molar-refractivity contribution < 1.29 is 4.79 Å². The number of piperidine rings is 1. The van der Waals surface area contributed by atoms with Crippen LogP contribution in [0.5, 0.6) is 0 Å². The molecule has 1 aliphatic carbocycles. The number of carbonyl (C=O) groups is 1. The largest absolute Gasteiger partial charge is 0.317 e. The van der Waals surface area contributed by atoms with Crippen LogP contribution in [-0.4, -0.2) is 29.2 Å². The first-order valence-corrected chi connectivity index (χ1v) is 6.23. The summed E-state index contributed by atoms with van der Waals surface area (Å²) >= 11 is 0. The Kier molecular flexibility index (Phi) is 2.43. The second kappa shape index (κ2) is 3.84. The van der Waals surface area contributed by atoms with Crippen LogP contribution in [0.4, 0.5) is 5.82 Å². The highest BCUT2D eigenvalue weighted by Crippen LogP contribution is 2.58. The molecule has 1 amide bonds. The number of amides is 1. The molecule has 1 aromatic rings. The van der Waals surface area contributed by atoms with E-state index in [-0.39, 0.29) is 11.8 Å². The lowest BCUT2D eigenvalue weighted by Gasteiger charge is -2.23. The minimum Gasteiger partial charge on any atom is -0.317 e. The summed E-state index contributed by atoms with van der Waals surface area (Å²) in [5, 5.41) is 13.1. The molecular formula is C12H18N4O. The number of nitrogens with zero attached hydrogens (tertiary/aromatic N) is 1. The Morgan fingerprint density at radius 2 is 2.29 bits per heavy atom. The molecule has 3 N–H and O–H groups in total. The molecule has 2 heterocycles. The van der Waals surface area contributed by atoms with E-state index in [1.165, 1.54) is 0 Å². The number of nitrogens with one attached hydrogen (secondary N) is 3. The maximum absolute atomic E-state index is 12.1. The summed E-state index contributed by atoms with van der Waals surface area (Å²) in [6.45, 7) is 4.02. The third kappa shape index (κ3) is 1.95. The molecule has 5 heteroatoms. The number of aromatic nitrogens is 2. The molecule has 1 atom stereocenters. The number of hydrogen-bond donors (Lipinski definition) is 3. The summed E-state index contributed by atoms with van der Waals surface area (Å²) in [7, 11) is 0. The fourth-order valence-corrected chi connectivity index (χ4v) is 2.89. The fourth-order valence-electron chi connectivity index (χ4n) is 2.89. The SMILES string of the molecule is Cc1cc(NC(=O)C2CC23CCNCC3)n[nH]1. The van der Waals surface area contributed by atoms with E-state index in [1.807, 2.05) is 13.0 Å². The molecule has 92 valence electrons. The van der Waals surface area contributed by atoms with Crippen molar-refractivity contribution in [2.45, 2.75) is 26.2 Å². The summed E-state index contributed by atoms with van der Waals surface area (Å²) in [5.41, 5.74) is 1.26. The molecule has 2 fully saturated rings. The van der Waals surface area contributed by atoms with Gasteiger partial charge in [0.25, 0.3) is 0 Å². The Hall–Kier alpha value is -1.36. The highest BCUT2D eigenvalue weighted by Gasteiger charge is 2.57. The molecule has 1 spiro atoms. The quantitative estimate of drug-likeness (QED) is 0.716. The van der Waals surface area contributed by atoms with Gasteiger partial charge in [-0.05, 0) is 44.7 Å². The van der Waals surface area contributed by atoms with Crippen molar-refractivity contribution in [1.29, 1.82) is 0 Å². The van der Waals surface area contributed by atoms with E-state index in [1.54, 1.807) is 0 Å². The lowest BCUT2D eigenvalue weighted by molar-refractivity contribution is -0.118. The van der Waals surface area contributed by atoms with Gasteiger partial charge >= 0.3 is 0 Å². The number of aryl methyl sites for hydroxylation is 1.